The van der Waals surface area contributed by atoms with Crippen LogP contribution in [0.1, 0.15) is 10.4 Å². The van der Waals surface area contributed by atoms with E-state index in [2.05, 4.69) is 5.32 Å². The average molecular weight is 298 g/mol. The fourth-order valence-electron chi connectivity index (χ4n) is 2.48. The van der Waals surface area contributed by atoms with Gasteiger partial charge in [0.05, 0.1) is 12.1 Å². The predicted octanol–water partition coefficient (Wildman–Crippen LogP) is 2.06. The first-order chi connectivity index (χ1) is 10.6. The number of rotatable bonds is 2. The number of nitrogens with one attached hydrogen (secondary N) is 1. The second-order valence-electron chi connectivity index (χ2n) is 5.14. The van der Waals surface area contributed by atoms with Gasteiger partial charge in [-0.2, -0.15) is 0 Å². The van der Waals surface area contributed by atoms with Crippen LogP contribution < -0.4 is 5.32 Å². The second kappa shape index (κ2) is 5.97. The van der Waals surface area contributed by atoms with Gasteiger partial charge in [0.15, 0.2) is 0 Å². The quantitative estimate of drug-likeness (QED) is 0.922. The molecule has 0 saturated carbocycles. The Kier molecular flexibility index (Phi) is 3.87. The Balaban J connectivity index is 1.86. The lowest BCUT2D eigenvalue weighted by Crippen LogP contribution is -2.50. The summed E-state index contributed by atoms with van der Waals surface area (Å²) in [5, 5.41) is 2.64. The van der Waals surface area contributed by atoms with E-state index in [9.17, 15) is 14.0 Å². The fraction of sp³-hybridized carbons (Fsp3) is 0.176. The maximum atomic E-state index is 14.3. The number of hydrogen-bond donors (Lipinski definition) is 1. The molecule has 0 aromatic heterocycles. The number of halogens is 1. The first kappa shape index (κ1) is 14.3. The van der Waals surface area contributed by atoms with Crippen LogP contribution in [0.2, 0.25) is 0 Å². The Labute approximate surface area is 127 Å². The molecule has 0 bridgehead atoms. The first-order valence-electron chi connectivity index (χ1n) is 7.06. The predicted molar refractivity (Wildman–Crippen MR) is 80.7 cm³/mol. The highest BCUT2D eigenvalue weighted by molar-refractivity contribution is 5.97. The highest BCUT2D eigenvalue weighted by atomic mass is 19.1. The summed E-state index contributed by atoms with van der Waals surface area (Å²) in [5.74, 6) is -1.25. The number of carbonyl (C=O) groups excluding carboxylic acids is 2. The Morgan fingerprint density at radius 3 is 2.55 bits per heavy atom. The lowest BCUT2D eigenvalue weighted by Gasteiger charge is -2.26. The van der Waals surface area contributed by atoms with Gasteiger partial charge >= 0.3 is 0 Å². The second-order valence-corrected chi connectivity index (χ2v) is 5.14. The molecule has 2 amide bonds. The summed E-state index contributed by atoms with van der Waals surface area (Å²) in [6, 6.07) is 13.9. The van der Waals surface area contributed by atoms with Crippen LogP contribution in [0.3, 0.4) is 0 Å². The van der Waals surface area contributed by atoms with E-state index in [0.29, 0.717) is 18.7 Å². The lowest BCUT2D eigenvalue weighted by molar-refractivity contribution is -0.123. The van der Waals surface area contributed by atoms with Gasteiger partial charge in [-0.3, -0.25) is 9.59 Å². The summed E-state index contributed by atoms with van der Waals surface area (Å²) in [5.41, 5.74) is 1.60. The van der Waals surface area contributed by atoms with Gasteiger partial charge in [0.1, 0.15) is 5.82 Å². The van der Waals surface area contributed by atoms with Crippen LogP contribution >= 0.6 is 0 Å². The van der Waals surface area contributed by atoms with Gasteiger partial charge in [0.25, 0.3) is 5.91 Å². The molecule has 0 unspecified atom stereocenters. The van der Waals surface area contributed by atoms with Crippen LogP contribution in [0.25, 0.3) is 11.1 Å². The minimum absolute atomic E-state index is 0.00520. The Morgan fingerprint density at radius 1 is 1.09 bits per heavy atom. The minimum atomic E-state index is -0.572. The van der Waals surface area contributed by atoms with E-state index in [4.69, 9.17) is 0 Å². The maximum Gasteiger partial charge on any atom is 0.257 e. The molecule has 22 heavy (non-hydrogen) atoms. The number of carbonyl (C=O) groups is 2. The summed E-state index contributed by atoms with van der Waals surface area (Å²) in [6.07, 6.45) is 0. The van der Waals surface area contributed by atoms with Gasteiger partial charge in [-0.1, -0.05) is 36.4 Å². The van der Waals surface area contributed by atoms with Crippen LogP contribution in [0.4, 0.5) is 4.39 Å². The molecule has 0 aliphatic carbocycles. The zero-order valence-corrected chi connectivity index (χ0v) is 11.9. The van der Waals surface area contributed by atoms with Gasteiger partial charge in [0.2, 0.25) is 5.91 Å². The molecular formula is C17H15FN2O2. The SMILES string of the molecule is O=C1CN(C(=O)c2ccc(-c3ccccc3)cc2F)CCN1. The van der Waals surface area contributed by atoms with Crippen molar-refractivity contribution in [3.8, 4) is 11.1 Å². The number of nitrogens with zero attached hydrogens (tertiary/aromatic N) is 1. The Bertz CT molecular complexity index is 716. The topological polar surface area (TPSA) is 49.4 Å². The molecule has 3 rings (SSSR count). The minimum Gasteiger partial charge on any atom is -0.353 e. The molecule has 1 aliphatic heterocycles. The van der Waals surface area contributed by atoms with Gasteiger partial charge < -0.3 is 10.2 Å². The third-order valence-corrected chi connectivity index (χ3v) is 3.63. The molecule has 0 radical (unpaired) electrons. The van der Waals surface area contributed by atoms with Crippen molar-refractivity contribution < 1.29 is 14.0 Å². The standard InChI is InChI=1S/C17H15FN2O2/c18-15-10-13(12-4-2-1-3-5-12)6-7-14(15)17(22)20-9-8-19-16(21)11-20/h1-7,10H,8-9,11H2,(H,19,21). The molecule has 1 fully saturated rings. The average Bonchev–Trinajstić information content (AvgIpc) is 2.55. The van der Waals surface area contributed by atoms with Gasteiger partial charge in [-0.05, 0) is 23.3 Å². The molecule has 112 valence electrons. The summed E-state index contributed by atoms with van der Waals surface area (Å²) in [4.78, 5) is 25.0. The molecule has 1 heterocycles. The summed E-state index contributed by atoms with van der Waals surface area (Å²) < 4.78 is 14.3. The van der Waals surface area contributed by atoms with Crippen LogP contribution in [0.5, 0.6) is 0 Å². The van der Waals surface area contributed by atoms with Crippen LogP contribution in [0, 0.1) is 5.82 Å². The van der Waals surface area contributed by atoms with Gasteiger partial charge in [-0.25, -0.2) is 4.39 Å². The van der Waals surface area contributed by atoms with E-state index in [1.807, 2.05) is 30.3 Å². The largest absolute Gasteiger partial charge is 0.353 e. The normalized spacial score (nSPS) is 14.6. The molecule has 5 heteroatoms. The number of amides is 2. The molecule has 0 atom stereocenters. The van der Waals surface area contributed by atoms with Crippen molar-refractivity contribution in [2.24, 2.45) is 0 Å². The zero-order valence-electron chi connectivity index (χ0n) is 11.9. The summed E-state index contributed by atoms with van der Waals surface area (Å²) in [7, 11) is 0. The van der Waals surface area contributed by atoms with E-state index in [1.54, 1.807) is 6.07 Å². The van der Waals surface area contributed by atoms with Gasteiger partial charge in [-0.15, -0.1) is 0 Å². The molecule has 4 nitrogen and oxygen atoms in total. The Hall–Kier alpha value is -2.69. The van der Waals surface area contributed by atoms with Crippen molar-refractivity contribution in [1.82, 2.24) is 10.2 Å². The van der Waals surface area contributed by atoms with Crippen LogP contribution in [0.15, 0.2) is 48.5 Å². The van der Waals surface area contributed by atoms with E-state index in [-0.39, 0.29) is 18.0 Å². The van der Waals surface area contributed by atoms with E-state index in [0.717, 1.165) is 5.56 Å². The molecule has 2 aromatic rings. The number of benzene rings is 2. The maximum absolute atomic E-state index is 14.3. The van der Waals surface area contributed by atoms with Crippen LogP contribution in [-0.2, 0) is 4.79 Å². The summed E-state index contributed by atoms with van der Waals surface area (Å²) in [6.45, 7) is 0.761. The zero-order chi connectivity index (χ0) is 15.5. The highest BCUT2D eigenvalue weighted by Gasteiger charge is 2.24. The highest BCUT2D eigenvalue weighted by Crippen LogP contribution is 2.22. The molecule has 1 saturated heterocycles. The van der Waals surface area contributed by atoms with Crippen molar-refractivity contribution in [1.29, 1.82) is 0 Å². The van der Waals surface area contributed by atoms with Crippen molar-refractivity contribution in [2.75, 3.05) is 19.6 Å². The lowest BCUT2D eigenvalue weighted by atomic mass is 10.0. The molecule has 1 aliphatic rings. The number of piperazine rings is 1. The van der Waals surface area contributed by atoms with Crippen molar-refractivity contribution in [3.05, 3.63) is 59.9 Å². The molecule has 2 aromatic carbocycles. The smallest absolute Gasteiger partial charge is 0.257 e. The first-order valence-corrected chi connectivity index (χ1v) is 7.06. The monoisotopic (exact) mass is 298 g/mol. The van der Waals surface area contributed by atoms with Crippen molar-refractivity contribution in [3.63, 3.8) is 0 Å². The molecule has 0 spiro atoms. The third kappa shape index (κ3) is 2.83. The van der Waals surface area contributed by atoms with Crippen LogP contribution in [-0.4, -0.2) is 36.3 Å². The molecule has 1 N–H and O–H groups in total. The van der Waals surface area contributed by atoms with E-state index < -0.39 is 11.7 Å². The fourth-order valence-corrected chi connectivity index (χ4v) is 2.48. The Morgan fingerprint density at radius 2 is 1.86 bits per heavy atom. The van der Waals surface area contributed by atoms with E-state index >= 15 is 0 Å². The van der Waals surface area contributed by atoms with E-state index in [1.165, 1.54) is 17.0 Å². The van der Waals surface area contributed by atoms with Crippen molar-refractivity contribution >= 4 is 11.8 Å². The molecular weight excluding hydrogens is 283 g/mol. The van der Waals surface area contributed by atoms with Gasteiger partial charge in [0, 0.05) is 13.1 Å². The third-order valence-electron chi connectivity index (χ3n) is 3.63. The summed E-state index contributed by atoms with van der Waals surface area (Å²) >= 11 is 0. The van der Waals surface area contributed by atoms with Crippen molar-refractivity contribution in [2.45, 2.75) is 0 Å². The number of hydrogen-bond acceptors (Lipinski definition) is 2.